The predicted octanol–water partition coefficient (Wildman–Crippen LogP) is 2.10. The number of aliphatic hydroxyl groups excluding tert-OH is 2. The number of hydrogen-bond donors (Lipinski definition) is 4. The van der Waals surface area contributed by atoms with Gasteiger partial charge < -0.3 is 20.8 Å². The quantitative estimate of drug-likeness (QED) is 0.445. The molecule has 1 amide bonds. The molecule has 4 rings (SSSR count). The summed E-state index contributed by atoms with van der Waals surface area (Å²) in [6.45, 7) is 1.61. The largest absolute Gasteiger partial charge is 0.508 e. The third kappa shape index (κ3) is 3.57. The van der Waals surface area contributed by atoms with Crippen LogP contribution in [0.4, 0.5) is 10.2 Å². The first kappa shape index (κ1) is 21.7. The number of rotatable bonds is 3. The Kier molecular flexibility index (Phi) is 5.58. The van der Waals surface area contributed by atoms with E-state index in [1.165, 1.54) is 19.4 Å². The maximum atomic E-state index is 13.2. The average Bonchev–Trinajstić information content (AvgIpc) is 3.41. The second-order valence-electron chi connectivity index (χ2n) is 7.52. The summed E-state index contributed by atoms with van der Waals surface area (Å²) in [6, 6.07) is 2.91. The van der Waals surface area contributed by atoms with Gasteiger partial charge in [0.1, 0.15) is 18.2 Å². The number of nitrogens with zero attached hydrogens (tertiary/aromatic N) is 4. The van der Waals surface area contributed by atoms with E-state index in [2.05, 4.69) is 37.4 Å². The van der Waals surface area contributed by atoms with Gasteiger partial charge in [-0.2, -0.15) is 4.39 Å². The molecule has 1 aliphatic carbocycles. The Balaban J connectivity index is 1.80. The summed E-state index contributed by atoms with van der Waals surface area (Å²) in [7, 11) is 3.17. The van der Waals surface area contributed by atoms with Crippen LogP contribution in [0.15, 0.2) is 24.2 Å². The van der Waals surface area contributed by atoms with Crippen LogP contribution in [0.1, 0.15) is 30.5 Å². The van der Waals surface area contributed by atoms with Crippen molar-refractivity contribution in [3.63, 3.8) is 0 Å². The van der Waals surface area contributed by atoms with Crippen LogP contribution in [0.5, 0.6) is 0 Å². The number of carbonyl (C=O) groups excluding carboxylic acids is 1. The van der Waals surface area contributed by atoms with Gasteiger partial charge in [0.15, 0.2) is 22.1 Å². The zero-order chi connectivity index (χ0) is 23.0. The lowest BCUT2D eigenvalue weighted by Crippen LogP contribution is -2.48. The van der Waals surface area contributed by atoms with Crippen LogP contribution in [0.25, 0.3) is 16.9 Å². The number of amides is 1. The lowest BCUT2D eigenvalue weighted by molar-refractivity contribution is -0.137. The molecule has 0 bridgehead atoms. The molecule has 3 aromatic rings. The van der Waals surface area contributed by atoms with Gasteiger partial charge >= 0.3 is 0 Å². The van der Waals surface area contributed by atoms with Gasteiger partial charge in [-0.3, -0.25) is 9.36 Å². The molecule has 0 unspecified atom stereocenters. The molecule has 1 aliphatic rings. The summed E-state index contributed by atoms with van der Waals surface area (Å²) < 4.78 is 14.8. The van der Waals surface area contributed by atoms with Gasteiger partial charge in [0.05, 0.1) is 16.0 Å². The highest BCUT2D eigenvalue weighted by atomic mass is 32.1. The Labute approximate surface area is 187 Å². The molecule has 3 aromatic heterocycles. The lowest BCUT2D eigenvalue weighted by atomic mass is 9.74. The van der Waals surface area contributed by atoms with Crippen molar-refractivity contribution in [2.45, 2.75) is 25.9 Å². The van der Waals surface area contributed by atoms with Crippen molar-refractivity contribution in [1.82, 2.24) is 24.8 Å². The SMILES string of the molecule is CNC(=O)[C@@]1(C)CCC(n2cnc3c(NC)nc(C#Cc4ccc(F)s4)nc32)=C(O)[C@@H]1O. The Morgan fingerprint density at radius 3 is 2.78 bits per heavy atom. The number of allylic oxidation sites excluding steroid dienone is 1. The minimum Gasteiger partial charge on any atom is -0.508 e. The van der Waals surface area contributed by atoms with Crippen LogP contribution in [-0.4, -0.2) is 55.8 Å². The van der Waals surface area contributed by atoms with Crippen molar-refractivity contribution < 1.29 is 19.4 Å². The van der Waals surface area contributed by atoms with Crippen molar-refractivity contribution >= 4 is 39.9 Å². The van der Waals surface area contributed by atoms with E-state index in [0.29, 0.717) is 40.4 Å². The average molecular weight is 457 g/mol. The van der Waals surface area contributed by atoms with Crippen LogP contribution in [0.3, 0.4) is 0 Å². The fraction of sp³-hybridized carbons (Fsp3) is 0.333. The molecule has 0 fully saturated rings. The number of fused-ring (bicyclic) bond motifs is 1. The molecular weight excluding hydrogens is 435 g/mol. The van der Waals surface area contributed by atoms with Crippen LogP contribution in [0, 0.1) is 22.4 Å². The Hall–Kier alpha value is -3.49. The summed E-state index contributed by atoms with van der Waals surface area (Å²) in [5, 5.41) is 26.6. The molecule has 9 nitrogen and oxygen atoms in total. The van der Waals surface area contributed by atoms with Gasteiger partial charge in [0.25, 0.3) is 0 Å². The lowest BCUT2D eigenvalue weighted by Gasteiger charge is -2.37. The van der Waals surface area contributed by atoms with Crippen molar-refractivity contribution in [3.05, 3.63) is 40.1 Å². The van der Waals surface area contributed by atoms with Crippen molar-refractivity contribution in [2.24, 2.45) is 5.41 Å². The first-order valence-electron chi connectivity index (χ1n) is 9.81. The van der Waals surface area contributed by atoms with Crippen molar-refractivity contribution in [3.8, 4) is 11.8 Å². The molecule has 32 heavy (non-hydrogen) atoms. The first-order chi connectivity index (χ1) is 15.3. The van der Waals surface area contributed by atoms with Crippen LogP contribution in [-0.2, 0) is 4.79 Å². The molecule has 0 saturated carbocycles. The Morgan fingerprint density at radius 1 is 1.34 bits per heavy atom. The molecule has 3 heterocycles. The number of halogens is 1. The van der Waals surface area contributed by atoms with E-state index in [1.54, 1.807) is 24.6 Å². The zero-order valence-corrected chi connectivity index (χ0v) is 18.4. The van der Waals surface area contributed by atoms with Crippen LogP contribution >= 0.6 is 11.3 Å². The zero-order valence-electron chi connectivity index (χ0n) is 17.6. The highest BCUT2D eigenvalue weighted by molar-refractivity contribution is 7.10. The standard InChI is InChI=1S/C21H21FN6O3S/c1-21(20(31)24-3)9-8-12(16(29)17(21)30)28-10-25-15-18(23-2)26-14(27-19(15)28)7-5-11-4-6-13(22)32-11/h4,6,10,17,29-30H,8-9H2,1-3H3,(H,24,31)(H,23,26,27)/t17-,21-/m0/s1. The molecule has 0 aliphatic heterocycles. The monoisotopic (exact) mass is 456 g/mol. The number of imidazole rings is 1. The minimum atomic E-state index is -1.39. The highest BCUT2D eigenvalue weighted by Crippen LogP contribution is 2.41. The molecule has 0 aromatic carbocycles. The fourth-order valence-corrected chi connectivity index (χ4v) is 4.28. The normalized spacial score (nSPS) is 20.7. The van der Waals surface area contributed by atoms with Crippen molar-refractivity contribution in [2.75, 3.05) is 19.4 Å². The summed E-state index contributed by atoms with van der Waals surface area (Å²) in [4.78, 5) is 26.0. The Morgan fingerprint density at radius 2 is 2.12 bits per heavy atom. The van der Waals surface area contributed by atoms with Crippen LogP contribution < -0.4 is 10.6 Å². The topological polar surface area (TPSA) is 125 Å². The Bertz CT molecular complexity index is 1300. The molecule has 2 atom stereocenters. The molecule has 11 heteroatoms. The second kappa shape index (κ2) is 8.22. The van der Waals surface area contributed by atoms with Gasteiger partial charge in [-0.1, -0.05) is 11.3 Å². The number of carbonyl (C=O) groups is 1. The van der Waals surface area contributed by atoms with E-state index < -0.39 is 11.5 Å². The van der Waals surface area contributed by atoms with E-state index in [9.17, 15) is 19.4 Å². The number of thiophene rings is 1. The van der Waals surface area contributed by atoms with Gasteiger partial charge in [0, 0.05) is 14.1 Å². The number of anilines is 1. The number of hydrogen-bond acceptors (Lipinski definition) is 8. The van der Waals surface area contributed by atoms with Gasteiger partial charge in [-0.05, 0) is 43.7 Å². The van der Waals surface area contributed by atoms with Crippen molar-refractivity contribution in [1.29, 1.82) is 0 Å². The van der Waals surface area contributed by atoms with Gasteiger partial charge in [-0.25, -0.2) is 15.0 Å². The van der Waals surface area contributed by atoms with E-state index in [-0.39, 0.29) is 22.6 Å². The number of aliphatic hydroxyl groups is 2. The van der Waals surface area contributed by atoms with Crippen LogP contribution in [0.2, 0.25) is 0 Å². The third-order valence-corrected chi connectivity index (χ3v) is 6.37. The fourth-order valence-electron chi connectivity index (χ4n) is 3.70. The second-order valence-corrected chi connectivity index (χ2v) is 8.55. The number of nitrogens with one attached hydrogen (secondary N) is 2. The van der Waals surface area contributed by atoms with E-state index >= 15 is 0 Å². The van der Waals surface area contributed by atoms with Gasteiger partial charge in [-0.15, -0.1) is 0 Å². The maximum absolute atomic E-state index is 13.2. The van der Waals surface area contributed by atoms with E-state index in [4.69, 9.17) is 0 Å². The molecule has 0 spiro atoms. The maximum Gasteiger partial charge on any atom is 0.228 e. The van der Waals surface area contributed by atoms with Gasteiger partial charge in [0.2, 0.25) is 11.7 Å². The molecule has 0 saturated heterocycles. The molecule has 0 radical (unpaired) electrons. The number of aromatic nitrogens is 4. The summed E-state index contributed by atoms with van der Waals surface area (Å²) in [6.07, 6.45) is 0.717. The van der Waals surface area contributed by atoms with E-state index in [1.807, 2.05) is 0 Å². The summed E-state index contributed by atoms with van der Waals surface area (Å²) >= 11 is 0.923. The molecule has 166 valence electrons. The first-order valence-corrected chi connectivity index (χ1v) is 10.6. The molecular formula is C21H21FN6O3S. The smallest absolute Gasteiger partial charge is 0.228 e. The summed E-state index contributed by atoms with van der Waals surface area (Å²) in [5.41, 5.74) is 0.0653. The minimum absolute atomic E-state index is 0.184. The highest BCUT2D eigenvalue weighted by Gasteiger charge is 2.46. The van der Waals surface area contributed by atoms with E-state index in [0.717, 1.165) is 11.3 Å². The summed E-state index contributed by atoms with van der Waals surface area (Å²) in [5.74, 6) is 5.61. The third-order valence-electron chi connectivity index (χ3n) is 5.58. The molecule has 4 N–H and O–H groups in total. The predicted molar refractivity (Wildman–Crippen MR) is 118 cm³/mol.